The van der Waals surface area contributed by atoms with Crippen molar-refractivity contribution >= 4 is 17.8 Å². The van der Waals surface area contributed by atoms with Gasteiger partial charge in [0.25, 0.3) is 0 Å². The molecular formula is C10H15N5OS. The highest BCUT2D eigenvalue weighted by atomic mass is 32.2. The highest BCUT2D eigenvalue weighted by molar-refractivity contribution is 8.03. The van der Waals surface area contributed by atoms with Gasteiger partial charge in [-0.3, -0.25) is 0 Å². The van der Waals surface area contributed by atoms with Crippen LogP contribution < -0.4 is 0 Å². The first kappa shape index (κ1) is 13.5. The van der Waals surface area contributed by atoms with Crippen molar-refractivity contribution in [2.75, 3.05) is 14.1 Å². The van der Waals surface area contributed by atoms with E-state index in [9.17, 15) is 4.79 Å². The minimum Gasteiger partial charge on any atom is -0.329 e. The summed E-state index contributed by atoms with van der Waals surface area (Å²) in [5, 5.41) is 15.1. The maximum atomic E-state index is 11.8. The molecule has 0 aliphatic carbocycles. The number of carbonyl (C=O) groups is 1. The summed E-state index contributed by atoms with van der Waals surface area (Å²) in [5.74, 6) is 0.547. The number of amides is 1. The molecule has 0 unspecified atom stereocenters. The molecule has 17 heavy (non-hydrogen) atoms. The molecular weight excluding hydrogens is 238 g/mol. The molecule has 1 rings (SSSR count). The molecule has 0 saturated heterocycles. The predicted octanol–water partition coefficient (Wildman–Crippen LogP) is 1.68. The van der Waals surface area contributed by atoms with Crippen LogP contribution >= 0.6 is 11.8 Å². The fourth-order valence-corrected chi connectivity index (χ4v) is 1.46. The Kier molecular flexibility index (Phi) is 3.78. The Labute approximate surface area is 105 Å². The van der Waals surface area contributed by atoms with Gasteiger partial charge >= 0.3 is 6.03 Å². The molecule has 0 atom stereocenters. The number of thioether (sulfide) groups is 1. The lowest BCUT2D eigenvalue weighted by molar-refractivity contribution is 0.213. The van der Waals surface area contributed by atoms with Crippen molar-refractivity contribution in [3.05, 3.63) is 5.82 Å². The highest BCUT2D eigenvalue weighted by Crippen LogP contribution is 2.22. The van der Waals surface area contributed by atoms with E-state index in [1.54, 1.807) is 14.1 Å². The van der Waals surface area contributed by atoms with Gasteiger partial charge in [-0.2, -0.15) is 9.94 Å². The molecule has 6 nitrogen and oxygen atoms in total. The molecule has 0 saturated carbocycles. The van der Waals surface area contributed by atoms with Crippen LogP contribution in [0.15, 0.2) is 5.16 Å². The molecule has 0 N–H and O–H groups in total. The van der Waals surface area contributed by atoms with Gasteiger partial charge in [0.15, 0.2) is 5.82 Å². The van der Waals surface area contributed by atoms with Crippen molar-refractivity contribution in [1.82, 2.24) is 19.7 Å². The van der Waals surface area contributed by atoms with Crippen LogP contribution in [-0.4, -0.2) is 39.8 Å². The van der Waals surface area contributed by atoms with E-state index < -0.39 is 0 Å². The summed E-state index contributed by atoms with van der Waals surface area (Å²) in [7, 11) is 3.25. The zero-order valence-corrected chi connectivity index (χ0v) is 11.4. The molecule has 92 valence electrons. The molecule has 0 bridgehead atoms. The van der Waals surface area contributed by atoms with Gasteiger partial charge in [-0.15, -0.1) is 5.10 Å². The lowest BCUT2D eigenvalue weighted by Crippen LogP contribution is -2.29. The number of thiocyanates is 1. The fraction of sp³-hybridized carbons (Fsp3) is 0.600. The van der Waals surface area contributed by atoms with Crippen LogP contribution in [0.1, 0.15) is 26.6 Å². The van der Waals surface area contributed by atoms with Crippen molar-refractivity contribution in [1.29, 1.82) is 5.26 Å². The van der Waals surface area contributed by atoms with Crippen molar-refractivity contribution in [3.8, 4) is 5.40 Å². The van der Waals surface area contributed by atoms with Crippen LogP contribution in [0, 0.1) is 10.7 Å². The van der Waals surface area contributed by atoms with Crippen molar-refractivity contribution < 1.29 is 4.79 Å². The van der Waals surface area contributed by atoms with E-state index in [1.165, 1.54) is 4.90 Å². The maximum Gasteiger partial charge on any atom is 0.346 e. The molecule has 0 radical (unpaired) electrons. The van der Waals surface area contributed by atoms with Crippen LogP contribution in [0.25, 0.3) is 0 Å². The van der Waals surface area contributed by atoms with Crippen molar-refractivity contribution in [3.63, 3.8) is 0 Å². The van der Waals surface area contributed by atoms with Crippen LogP contribution in [-0.2, 0) is 5.41 Å². The SMILES string of the molecule is CN(C)C(=O)n1nc(C(C)(C)C)nc1SC#N. The summed E-state index contributed by atoms with van der Waals surface area (Å²) in [6.07, 6.45) is 0. The van der Waals surface area contributed by atoms with Crippen LogP contribution in [0.2, 0.25) is 0 Å². The van der Waals surface area contributed by atoms with E-state index in [0.717, 1.165) is 16.4 Å². The van der Waals surface area contributed by atoms with Gasteiger partial charge in [-0.25, -0.2) is 9.78 Å². The molecule has 0 fully saturated rings. The quantitative estimate of drug-likeness (QED) is 0.562. The summed E-state index contributed by atoms with van der Waals surface area (Å²) in [4.78, 5) is 17.5. The molecule has 0 aliphatic rings. The van der Waals surface area contributed by atoms with Crippen LogP contribution in [0.3, 0.4) is 0 Å². The number of hydrogen-bond donors (Lipinski definition) is 0. The van der Waals surface area contributed by atoms with Gasteiger partial charge in [-0.05, 0) is 0 Å². The summed E-state index contributed by atoms with van der Waals surface area (Å²) in [5.41, 5.74) is -0.261. The van der Waals surface area contributed by atoms with E-state index in [1.807, 2.05) is 26.2 Å². The summed E-state index contributed by atoms with van der Waals surface area (Å²) in [6.45, 7) is 5.86. The number of carbonyl (C=O) groups excluding carboxylic acids is 1. The topological polar surface area (TPSA) is 74.8 Å². The maximum absolute atomic E-state index is 11.8. The van der Waals surface area contributed by atoms with E-state index in [4.69, 9.17) is 5.26 Å². The first-order chi connectivity index (χ1) is 7.77. The molecule has 0 aliphatic heterocycles. The Morgan fingerprint density at radius 1 is 1.47 bits per heavy atom. The Morgan fingerprint density at radius 2 is 2.06 bits per heavy atom. The first-order valence-electron chi connectivity index (χ1n) is 5.02. The van der Waals surface area contributed by atoms with E-state index in [-0.39, 0.29) is 11.4 Å². The van der Waals surface area contributed by atoms with E-state index >= 15 is 0 Å². The third-order valence-corrected chi connectivity index (χ3v) is 2.49. The first-order valence-corrected chi connectivity index (χ1v) is 5.84. The van der Waals surface area contributed by atoms with Gasteiger partial charge in [0.05, 0.1) is 0 Å². The average molecular weight is 253 g/mol. The minimum absolute atomic E-state index is 0.261. The molecule has 0 aromatic carbocycles. The number of aromatic nitrogens is 3. The summed E-state index contributed by atoms with van der Waals surface area (Å²) in [6, 6.07) is -0.314. The zero-order chi connectivity index (χ0) is 13.2. The predicted molar refractivity (Wildman–Crippen MR) is 64.7 cm³/mol. The number of nitrogens with zero attached hydrogens (tertiary/aromatic N) is 5. The Balaban J connectivity index is 3.24. The normalized spacial score (nSPS) is 11.1. The van der Waals surface area contributed by atoms with E-state index in [2.05, 4.69) is 10.1 Å². The summed E-state index contributed by atoms with van der Waals surface area (Å²) >= 11 is 0.832. The standard InChI is InChI=1S/C10H15N5OS/c1-10(2,3)7-12-8(17-6-11)15(13-7)9(16)14(4)5/h1-5H3. The second-order valence-corrected chi connectivity index (χ2v) is 5.50. The number of rotatable bonds is 1. The molecule has 7 heteroatoms. The van der Waals surface area contributed by atoms with Gasteiger partial charge in [-0.1, -0.05) is 20.8 Å². The highest BCUT2D eigenvalue weighted by Gasteiger charge is 2.25. The second kappa shape index (κ2) is 4.75. The molecule has 1 heterocycles. The monoisotopic (exact) mass is 253 g/mol. The van der Waals surface area contributed by atoms with Gasteiger partial charge < -0.3 is 4.90 Å². The Hall–Kier alpha value is -1.55. The third-order valence-electron chi connectivity index (χ3n) is 1.95. The smallest absolute Gasteiger partial charge is 0.329 e. The molecule has 1 aromatic rings. The molecule has 1 amide bonds. The summed E-state index contributed by atoms with van der Waals surface area (Å²) < 4.78 is 1.16. The number of hydrogen-bond acceptors (Lipinski definition) is 5. The van der Waals surface area contributed by atoms with Crippen LogP contribution in [0.4, 0.5) is 4.79 Å². The average Bonchev–Trinajstić information content (AvgIpc) is 2.60. The van der Waals surface area contributed by atoms with Crippen LogP contribution in [0.5, 0.6) is 0 Å². The van der Waals surface area contributed by atoms with Gasteiger partial charge in [0, 0.05) is 31.3 Å². The van der Waals surface area contributed by atoms with Crippen molar-refractivity contribution in [2.24, 2.45) is 0 Å². The second-order valence-electron chi connectivity index (χ2n) is 4.75. The lowest BCUT2D eigenvalue weighted by atomic mass is 9.96. The van der Waals surface area contributed by atoms with Crippen molar-refractivity contribution in [2.45, 2.75) is 31.3 Å². The molecule has 0 spiro atoms. The minimum atomic E-state index is -0.314. The van der Waals surface area contributed by atoms with Gasteiger partial charge in [0.1, 0.15) is 5.40 Å². The van der Waals surface area contributed by atoms with E-state index in [0.29, 0.717) is 11.0 Å². The Morgan fingerprint density at radius 3 is 2.47 bits per heavy atom. The fourth-order valence-electron chi connectivity index (χ4n) is 1.04. The largest absolute Gasteiger partial charge is 0.346 e. The Bertz CT molecular complexity index is 466. The molecule has 1 aromatic heterocycles. The number of nitriles is 1. The third kappa shape index (κ3) is 2.97. The zero-order valence-electron chi connectivity index (χ0n) is 10.6. The lowest BCUT2D eigenvalue weighted by Gasteiger charge is -2.12. The van der Waals surface area contributed by atoms with Gasteiger partial charge in [0.2, 0.25) is 5.16 Å².